The molecule has 20 heavy (non-hydrogen) atoms. The number of carboxylic acids is 1. The number of carboxylic acid groups (broad SMARTS) is 1. The fraction of sp³-hybridized carbons (Fsp3) is 0.333. The summed E-state index contributed by atoms with van der Waals surface area (Å²) in [5.41, 5.74) is -0.453. The number of benzene rings is 1. The van der Waals surface area contributed by atoms with Gasteiger partial charge < -0.3 is 14.9 Å². The molecule has 0 saturated carbocycles. The van der Waals surface area contributed by atoms with Gasteiger partial charge in [0, 0.05) is 0 Å². The number of carbonyl (C=O) groups is 2. The van der Waals surface area contributed by atoms with E-state index in [9.17, 15) is 23.5 Å². The largest absolute Gasteiger partial charge is 0.479 e. The number of hydrogen-bond acceptors (Lipinski definition) is 4. The van der Waals surface area contributed by atoms with Gasteiger partial charge in [0.15, 0.2) is 11.9 Å². The van der Waals surface area contributed by atoms with Crippen LogP contribution >= 0.6 is 11.6 Å². The van der Waals surface area contributed by atoms with Crippen molar-refractivity contribution in [3.05, 3.63) is 29.3 Å². The number of aliphatic hydroxyl groups excluding tert-OH is 1. The van der Waals surface area contributed by atoms with E-state index in [0.717, 1.165) is 18.2 Å². The highest BCUT2D eigenvalue weighted by molar-refractivity contribution is 6.34. The van der Waals surface area contributed by atoms with Crippen LogP contribution in [0.3, 0.4) is 0 Å². The number of carbonyl (C=O) groups excluding carboxylic acids is 1. The van der Waals surface area contributed by atoms with Crippen molar-refractivity contribution < 1.29 is 33.3 Å². The maximum atomic E-state index is 12.2. The molecule has 2 N–H and O–H groups in total. The van der Waals surface area contributed by atoms with Crippen molar-refractivity contribution in [2.45, 2.75) is 25.0 Å². The smallest absolute Gasteiger partial charge is 0.387 e. The van der Waals surface area contributed by atoms with Crippen molar-refractivity contribution in [3.63, 3.8) is 0 Å². The van der Waals surface area contributed by atoms with Crippen molar-refractivity contribution >= 4 is 23.4 Å². The number of rotatable bonds is 6. The summed E-state index contributed by atoms with van der Waals surface area (Å²) in [7, 11) is 0. The molecular weight excluding hydrogens is 298 g/mol. The van der Waals surface area contributed by atoms with E-state index in [-0.39, 0.29) is 11.1 Å². The van der Waals surface area contributed by atoms with Crippen LogP contribution in [0.4, 0.5) is 8.78 Å². The number of hydrogen-bond donors (Lipinski definition) is 2. The molecule has 1 rings (SSSR count). The molecule has 0 aliphatic rings. The highest BCUT2D eigenvalue weighted by Gasteiger charge is 2.23. The first-order chi connectivity index (χ1) is 9.23. The quantitative estimate of drug-likeness (QED) is 0.622. The molecule has 1 aromatic carbocycles. The van der Waals surface area contributed by atoms with Gasteiger partial charge in [0.05, 0.1) is 10.9 Å². The van der Waals surface area contributed by atoms with E-state index < -0.39 is 35.6 Å². The van der Waals surface area contributed by atoms with Crippen LogP contribution in [-0.4, -0.2) is 34.0 Å². The van der Waals surface area contributed by atoms with Crippen molar-refractivity contribution in [2.75, 3.05) is 0 Å². The van der Waals surface area contributed by atoms with Crippen LogP contribution in [0.5, 0.6) is 5.75 Å². The summed E-state index contributed by atoms with van der Waals surface area (Å²) in [5, 5.41) is 17.0. The van der Waals surface area contributed by atoms with Crippen molar-refractivity contribution in [2.24, 2.45) is 0 Å². The molecule has 0 radical (unpaired) electrons. The summed E-state index contributed by atoms with van der Waals surface area (Å²) >= 11 is 5.59. The lowest BCUT2D eigenvalue weighted by molar-refractivity contribution is -0.147. The molecule has 8 heteroatoms. The van der Waals surface area contributed by atoms with Gasteiger partial charge in [0.25, 0.3) is 0 Å². The van der Waals surface area contributed by atoms with Crippen LogP contribution in [0.1, 0.15) is 28.9 Å². The lowest BCUT2D eigenvalue weighted by atomic mass is 10.0. The number of aliphatic hydroxyl groups is 1. The zero-order valence-electron chi connectivity index (χ0n) is 10.2. The molecule has 0 aromatic heterocycles. The Balaban J connectivity index is 3.28. The second-order valence-electron chi connectivity index (χ2n) is 3.86. The number of ether oxygens (including phenoxy) is 1. The van der Waals surface area contributed by atoms with Crippen LogP contribution in [0.2, 0.25) is 0 Å². The third-order valence-electron chi connectivity index (χ3n) is 2.40. The topological polar surface area (TPSA) is 83.8 Å². The second-order valence-corrected chi connectivity index (χ2v) is 4.51. The molecule has 0 aliphatic carbocycles. The minimum atomic E-state index is -3.15. The molecule has 0 bridgehead atoms. The van der Waals surface area contributed by atoms with Crippen LogP contribution in [0.15, 0.2) is 18.2 Å². The molecule has 0 heterocycles. The van der Waals surface area contributed by atoms with Gasteiger partial charge in [-0.25, -0.2) is 4.79 Å². The predicted octanol–water partition coefficient (Wildman–Crippen LogP) is 2.22. The van der Waals surface area contributed by atoms with Crippen LogP contribution < -0.4 is 4.74 Å². The molecule has 0 amide bonds. The average Bonchev–Trinajstić information content (AvgIpc) is 2.36. The van der Waals surface area contributed by atoms with E-state index in [1.807, 2.05) is 0 Å². The highest BCUT2D eigenvalue weighted by Crippen LogP contribution is 2.27. The minimum absolute atomic E-state index is 0.139. The number of aliphatic carboxylic acids is 1. The minimum Gasteiger partial charge on any atom is -0.479 e. The highest BCUT2D eigenvalue weighted by atomic mass is 35.5. The fourth-order valence-corrected chi connectivity index (χ4v) is 1.58. The van der Waals surface area contributed by atoms with E-state index in [2.05, 4.69) is 4.74 Å². The van der Waals surface area contributed by atoms with E-state index in [1.54, 1.807) is 0 Å². The molecule has 0 saturated heterocycles. The zero-order valence-corrected chi connectivity index (χ0v) is 11.0. The third kappa shape index (κ3) is 3.88. The van der Waals surface area contributed by atoms with Gasteiger partial charge in [-0.2, -0.15) is 8.78 Å². The van der Waals surface area contributed by atoms with Crippen LogP contribution in [0, 0.1) is 0 Å². The first-order valence-electron chi connectivity index (χ1n) is 5.42. The van der Waals surface area contributed by atoms with Crippen molar-refractivity contribution in [1.29, 1.82) is 0 Å². The summed E-state index contributed by atoms with van der Waals surface area (Å²) in [6.07, 6.45) is -1.88. The molecule has 2 atom stereocenters. The maximum absolute atomic E-state index is 12.2. The summed E-state index contributed by atoms with van der Waals surface area (Å²) in [6, 6.07) is 3.03. The average molecular weight is 309 g/mol. The molecule has 0 fully saturated rings. The Morgan fingerprint density at radius 3 is 2.40 bits per heavy atom. The Morgan fingerprint density at radius 2 is 1.95 bits per heavy atom. The molecule has 110 valence electrons. The summed E-state index contributed by atoms with van der Waals surface area (Å²) in [6.45, 7) is -1.82. The van der Waals surface area contributed by atoms with Gasteiger partial charge in [-0.3, -0.25) is 4.79 Å². The van der Waals surface area contributed by atoms with E-state index >= 15 is 0 Å². The van der Waals surface area contributed by atoms with Gasteiger partial charge in [-0.15, -0.1) is 11.6 Å². The molecular formula is C12H11ClF2O5. The molecule has 1 aromatic rings. The summed E-state index contributed by atoms with van der Waals surface area (Å²) in [5.74, 6) is -2.69. The molecule has 0 aliphatic heterocycles. The standard InChI is InChI=1S/C12H11ClF2O5/c1-5(13)9(16)7-4-6(10(17)11(18)19)2-3-8(7)20-12(14)15/h2-5,10,12,17H,1H3,(H,18,19). The van der Waals surface area contributed by atoms with Gasteiger partial charge >= 0.3 is 12.6 Å². The van der Waals surface area contributed by atoms with Gasteiger partial charge in [-0.1, -0.05) is 6.07 Å². The van der Waals surface area contributed by atoms with E-state index in [4.69, 9.17) is 16.7 Å². The number of Topliss-reactive ketones (excluding diaryl/α,β-unsaturated/α-hetero) is 1. The Hall–Kier alpha value is -1.73. The fourth-order valence-electron chi connectivity index (χ4n) is 1.47. The van der Waals surface area contributed by atoms with Crippen LogP contribution in [0.25, 0.3) is 0 Å². The number of halogens is 3. The lowest BCUT2D eigenvalue weighted by Gasteiger charge is -2.14. The third-order valence-corrected chi connectivity index (χ3v) is 2.59. The number of ketones is 1. The second kappa shape index (κ2) is 6.62. The Kier molecular flexibility index (Phi) is 5.41. The first kappa shape index (κ1) is 16.3. The Labute approximate surface area is 117 Å². The van der Waals surface area contributed by atoms with E-state index in [0.29, 0.717) is 0 Å². The lowest BCUT2D eigenvalue weighted by Crippen LogP contribution is -2.16. The van der Waals surface area contributed by atoms with Crippen LogP contribution in [-0.2, 0) is 4.79 Å². The molecule has 5 nitrogen and oxygen atoms in total. The molecule has 0 spiro atoms. The Bertz CT molecular complexity index is 519. The normalized spacial score (nSPS) is 13.9. The summed E-state index contributed by atoms with van der Waals surface area (Å²) in [4.78, 5) is 22.5. The van der Waals surface area contributed by atoms with Crippen molar-refractivity contribution in [3.8, 4) is 5.75 Å². The van der Waals surface area contributed by atoms with Crippen molar-refractivity contribution in [1.82, 2.24) is 0 Å². The zero-order chi connectivity index (χ0) is 15.4. The van der Waals surface area contributed by atoms with Gasteiger partial charge in [-0.05, 0) is 24.6 Å². The van der Waals surface area contributed by atoms with Gasteiger partial charge in [0.1, 0.15) is 5.75 Å². The van der Waals surface area contributed by atoms with Gasteiger partial charge in [0.2, 0.25) is 0 Å². The SMILES string of the molecule is CC(Cl)C(=O)c1cc(C(O)C(=O)O)ccc1OC(F)F. The predicted molar refractivity (Wildman–Crippen MR) is 65.3 cm³/mol. The monoisotopic (exact) mass is 308 g/mol. The van der Waals surface area contributed by atoms with E-state index in [1.165, 1.54) is 6.92 Å². The summed E-state index contributed by atoms with van der Waals surface area (Å²) < 4.78 is 28.7. The number of alkyl halides is 3. The molecule has 2 unspecified atom stereocenters. The first-order valence-corrected chi connectivity index (χ1v) is 5.85. The Morgan fingerprint density at radius 1 is 1.35 bits per heavy atom. The maximum Gasteiger partial charge on any atom is 0.387 e.